The molecule has 0 aliphatic carbocycles. The molecule has 0 aromatic heterocycles. The van der Waals surface area contributed by atoms with Crippen LogP contribution in [0, 0.1) is 11.3 Å². The first-order valence-electron chi connectivity index (χ1n) is 5.94. The van der Waals surface area contributed by atoms with Crippen LogP contribution in [0.15, 0.2) is 42.5 Å². The number of hydrogen-bond acceptors (Lipinski definition) is 4. The van der Waals surface area contributed by atoms with Gasteiger partial charge in [0.25, 0.3) is 0 Å². The molecule has 2 rings (SSSR count). The van der Waals surface area contributed by atoms with Crippen molar-refractivity contribution in [1.29, 1.82) is 5.26 Å². The van der Waals surface area contributed by atoms with Crippen LogP contribution < -0.4 is 10.5 Å². The molecule has 0 spiro atoms. The van der Waals surface area contributed by atoms with E-state index in [1.54, 1.807) is 30.3 Å². The molecule has 0 unspecified atom stereocenters. The summed E-state index contributed by atoms with van der Waals surface area (Å²) in [5.74, 6) is -0.209. The van der Waals surface area contributed by atoms with Crippen molar-refractivity contribution >= 4 is 33.0 Å². The molecule has 21 heavy (non-hydrogen) atoms. The minimum Gasteiger partial charge on any atom is -0.399 e. The highest BCUT2D eigenvalue weighted by molar-refractivity contribution is 7.91. The molecule has 0 atom stereocenters. The van der Waals surface area contributed by atoms with Crippen LogP contribution in [0.1, 0.15) is 11.1 Å². The van der Waals surface area contributed by atoms with Gasteiger partial charge in [-0.2, -0.15) is 5.26 Å². The lowest BCUT2D eigenvalue weighted by Crippen LogP contribution is -2.15. The highest BCUT2D eigenvalue weighted by Gasteiger charge is 2.13. The molecule has 0 fully saturated rings. The molecule has 3 N–H and O–H groups in total. The monoisotopic (exact) mass is 321 g/mol. The molecule has 0 bridgehead atoms. The van der Waals surface area contributed by atoms with Crippen LogP contribution in [0.5, 0.6) is 0 Å². The van der Waals surface area contributed by atoms with Crippen LogP contribution in [0.3, 0.4) is 0 Å². The first-order chi connectivity index (χ1) is 9.89. The average Bonchev–Trinajstić information content (AvgIpc) is 2.42. The van der Waals surface area contributed by atoms with Gasteiger partial charge in [0.05, 0.1) is 28.1 Å². The van der Waals surface area contributed by atoms with Gasteiger partial charge in [0.1, 0.15) is 0 Å². The average molecular weight is 322 g/mol. The Morgan fingerprint density at radius 1 is 1.19 bits per heavy atom. The second-order valence-electron chi connectivity index (χ2n) is 4.41. The Morgan fingerprint density at radius 2 is 1.86 bits per heavy atom. The predicted molar refractivity (Wildman–Crippen MR) is 83.3 cm³/mol. The molecule has 0 amide bonds. The van der Waals surface area contributed by atoms with Crippen LogP contribution in [0.25, 0.3) is 0 Å². The third-order valence-electron chi connectivity index (χ3n) is 2.70. The normalized spacial score (nSPS) is 10.9. The van der Waals surface area contributed by atoms with E-state index in [9.17, 15) is 8.42 Å². The molecule has 2 aromatic rings. The van der Waals surface area contributed by atoms with E-state index in [-0.39, 0.29) is 16.5 Å². The van der Waals surface area contributed by atoms with Gasteiger partial charge in [0.15, 0.2) is 0 Å². The van der Waals surface area contributed by atoms with Crippen molar-refractivity contribution in [2.75, 3.05) is 10.5 Å². The number of hydrogen-bond donors (Lipinski definition) is 2. The molecule has 0 aliphatic rings. The first kappa shape index (κ1) is 15.2. The Labute approximate surface area is 128 Å². The standard InChI is InChI=1S/C14H12ClN3O2S/c15-13-7-12(17)5-6-14(13)18-21(19,20)9-11-3-1-10(8-16)2-4-11/h1-7,18H,9,17H2. The van der Waals surface area contributed by atoms with E-state index in [0.717, 1.165) is 0 Å². The first-order valence-corrected chi connectivity index (χ1v) is 7.97. The van der Waals surface area contributed by atoms with Gasteiger partial charge < -0.3 is 5.73 Å². The SMILES string of the molecule is N#Cc1ccc(CS(=O)(=O)Nc2ccc(N)cc2Cl)cc1. The van der Waals surface area contributed by atoms with Crippen LogP contribution in [0.4, 0.5) is 11.4 Å². The van der Waals surface area contributed by atoms with Crippen molar-refractivity contribution in [3.05, 3.63) is 58.6 Å². The summed E-state index contributed by atoms with van der Waals surface area (Å²) < 4.78 is 26.6. The van der Waals surface area contributed by atoms with Crippen LogP contribution in [0.2, 0.25) is 5.02 Å². The number of nitriles is 1. The third-order valence-corrected chi connectivity index (χ3v) is 4.26. The van der Waals surface area contributed by atoms with Gasteiger partial charge in [-0.05, 0) is 35.9 Å². The minimum atomic E-state index is -3.60. The van der Waals surface area contributed by atoms with Gasteiger partial charge in [-0.15, -0.1) is 0 Å². The van der Waals surface area contributed by atoms with Crippen molar-refractivity contribution in [3.8, 4) is 6.07 Å². The fourth-order valence-corrected chi connectivity index (χ4v) is 3.22. The summed E-state index contributed by atoms with van der Waals surface area (Å²) in [6.07, 6.45) is 0. The number of nitrogens with one attached hydrogen (secondary N) is 1. The predicted octanol–water partition coefficient (Wildman–Crippen LogP) is 2.74. The van der Waals surface area contributed by atoms with E-state index in [1.165, 1.54) is 12.1 Å². The van der Waals surface area contributed by atoms with Gasteiger partial charge in [-0.1, -0.05) is 23.7 Å². The largest absolute Gasteiger partial charge is 0.399 e. The maximum Gasteiger partial charge on any atom is 0.236 e. The van der Waals surface area contributed by atoms with Crippen LogP contribution in [-0.4, -0.2) is 8.42 Å². The molecule has 108 valence electrons. The fraction of sp³-hybridized carbons (Fsp3) is 0.0714. The van der Waals surface area contributed by atoms with Crippen molar-refractivity contribution in [3.63, 3.8) is 0 Å². The van der Waals surface area contributed by atoms with E-state index in [1.807, 2.05) is 6.07 Å². The number of benzene rings is 2. The lowest BCUT2D eigenvalue weighted by molar-refractivity contribution is 0.600. The summed E-state index contributed by atoms with van der Waals surface area (Å²) in [6, 6.07) is 12.9. The van der Waals surface area contributed by atoms with Crippen molar-refractivity contribution in [2.24, 2.45) is 0 Å². The number of sulfonamides is 1. The van der Waals surface area contributed by atoms with Crippen molar-refractivity contribution in [2.45, 2.75) is 5.75 Å². The van der Waals surface area contributed by atoms with E-state index in [0.29, 0.717) is 16.8 Å². The Balaban J connectivity index is 2.16. The Hall–Kier alpha value is -2.23. The van der Waals surface area contributed by atoms with E-state index in [4.69, 9.17) is 22.6 Å². The zero-order valence-corrected chi connectivity index (χ0v) is 12.4. The minimum absolute atomic E-state index is 0.209. The van der Waals surface area contributed by atoms with E-state index >= 15 is 0 Å². The van der Waals surface area contributed by atoms with Crippen LogP contribution in [-0.2, 0) is 15.8 Å². The molecule has 5 nitrogen and oxygen atoms in total. The summed E-state index contributed by atoms with van der Waals surface area (Å²) in [6.45, 7) is 0. The summed E-state index contributed by atoms with van der Waals surface area (Å²) in [4.78, 5) is 0. The lowest BCUT2D eigenvalue weighted by Gasteiger charge is -2.10. The Bertz CT molecular complexity index is 796. The van der Waals surface area contributed by atoms with Crippen molar-refractivity contribution in [1.82, 2.24) is 0 Å². The van der Waals surface area contributed by atoms with Gasteiger partial charge in [0, 0.05) is 5.69 Å². The quantitative estimate of drug-likeness (QED) is 0.846. The molecule has 0 saturated carbocycles. The molecule has 0 radical (unpaired) electrons. The highest BCUT2D eigenvalue weighted by Crippen LogP contribution is 2.25. The van der Waals surface area contributed by atoms with Gasteiger partial charge in [-0.25, -0.2) is 8.42 Å². The Kier molecular flexibility index (Phi) is 4.36. The molecule has 7 heteroatoms. The second kappa shape index (κ2) is 6.04. The maximum atomic E-state index is 12.1. The van der Waals surface area contributed by atoms with Gasteiger partial charge in [0.2, 0.25) is 10.0 Å². The summed E-state index contributed by atoms with van der Waals surface area (Å²) in [7, 11) is -3.60. The fourth-order valence-electron chi connectivity index (χ4n) is 1.71. The molecule has 0 saturated heterocycles. The molecule has 2 aromatic carbocycles. The van der Waals surface area contributed by atoms with E-state index in [2.05, 4.69) is 4.72 Å². The maximum absolute atomic E-state index is 12.1. The zero-order valence-electron chi connectivity index (χ0n) is 10.9. The molecular weight excluding hydrogens is 310 g/mol. The molecule has 0 aliphatic heterocycles. The lowest BCUT2D eigenvalue weighted by atomic mass is 10.2. The highest BCUT2D eigenvalue weighted by atomic mass is 35.5. The number of nitrogens with zero attached hydrogens (tertiary/aromatic N) is 1. The number of anilines is 2. The zero-order chi connectivity index (χ0) is 15.5. The number of halogens is 1. The number of rotatable bonds is 4. The topological polar surface area (TPSA) is 96.0 Å². The van der Waals surface area contributed by atoms with Crippen LogP contribution >= 0.6 is 11.6 Å². The summed E-state index contributed by atoms with van der Waals surface area (Å²) >= 11 is 5.94. The summed E-state index contributed by atoms with van der Waals surface area (Å²) in [5, 5.41) is 8.94. The van der Waals surface area contributed by atoms with Crippen molar-refractivity contribution < 1.29 is 8.42 Å². The Morgan fingerprint density at radius 3 is 2.43 bits per heavy atom. The third kappa shape index (κ3) is 4.12. The van der Waals surface area contributed by atoms with Gasteiger partial charge >= 0.3 is 0 Å². The van der Waals surface area contributed by atoms with E-state index < -0.39 is 10.0 Å². The molecular formula is C14H12ClN3O2S. The number of nitrogens with two attached hydrogens (primary N) is 1. The smallest absolute Gasteiger partial charge is 0.236 e. The number of nitrogen functional groups attached to an aromatic ring is 1. The summed E-state index contributed by atoms with van der Waals surface area (Å²) in [5.41, 5.74) is 7.34. The second-order valence-corrected chi connectivity index (χ2v) is 6.54. The van der Waals surface area contributed by atoms with Gasteiger partial charge in [-0.3, -0.25) is 4.72 Å². The molecule has 0 heterocycles.